The highest BCUT2D eigenvalue weighted by Crippen LogP contribution is 2.25. The van der Waals surface area contributed by atoms with Gasteiger partial charge in [0.25, 0.3) is 5.91 Å². The fourth-order valence-electron chi connectivity index (χ4n) is 1.91. The zero-order valence-electron chi connectivity index (χ0n) is 13.3. The number of amides is 2. The van der Waals surface area contributed by atoms with Gasteiger partial charge < -0.3 is 4.74 Å². The highest BCUT2D eigenvalue weighted by Gasteiger charge is 2.07. The minimum absolute atomic E-state index is 0.171. The second kappa shape index (κ2) is 9.30. The van der Waals surface area contributed by atoms with Crippen LogP contribution in [0.4, 0.5) is 0 Å². The van der Waals surface area contributed by atoms with E-state index in [4.69, 9.17) is 16.3 Å². The summed E-state index contributed by atoms with van der Waals surface area (Å²) >= 11 is 6.07. The molecule has 0 unspecified atom stereocenters. The Morgan fingerprint density at radius 1 is 1.09 bits per heavy atom. The molecule has 0 heterocycles. The fraction of sp³-hybridized carbons (Fsp3) is 0.500. The zero-order valence-corrected chi connectivity index (χ0v) is 14.0. The molecule has 0 spiro atoms. The molecule has 0 aromatic heterocycles. The average Bonchev–Trinajstić information content (AvgIpc) is 2.48. The molecule has 0 fully saturated rings. The third-order valence-corrected chi connectivity index (χ3v) is 3.72. The van der Waals surface area contributed by atoms with Crippen LogP contribution in [0.1, 0.15) is 43.7 Å². The molecule has 2 amide bonds. The van der Waals surface area contributed by atoms with E-state index in [1.54, 1.807) is 12.1 Å². The van der Waals surface area contributed by atoms with Crippen LogP contribution in [-0.2, 0) is 9.59 Å². The Kier molecular flexibility index (Phi) is 7.74. The van der Waals surface area contributed by atoms with Crippen LogP contribution in [0.25, 0.3) is 0 Å². The number of halogens is 1. The molecule has 0 saturated carbocycles. The summed E-state index contributed by atoms with van der Waals surface area (Å²) in [6.45, 7) is 5.64. The summed E-state index contributed by atoms with van der Waals surface area (Å²) in [5.74, 6) is -0.0297. The van der Waals surface area contributed by atoms with E-state index < -0.39 is 5.91 Å². The topological polar surface area (TPSA) is 67.4 Å². The lowest BCUT2D eigenvalue weighted by Gasteiger charge is -2.11. The predicted octanol–water partition coefficient (Wildman–Crippen LogP) is 3.06. The maximum atomic E-state index is 11.6. The largest absolute Gasteiger partial charge is 0.484 e. The summed E-state index contributed by atoms with van der Waals surface area (Å²) in [7, 11) is 0. The molecular formula is C16H23ClN2O3. The molecule has 0 aliphatic carbocycles. The van der Waals surface area contributed by atoms with Crippen LogP contribution in [0.15, 0.2) is 12.1 Å². The van der Waals surface area contributed by atoms with Gasteiger partial charge in [0, 0.05) is 11.4 Å². The van der Waals surface area contributed by atoms with Crippen LogP contribution in [-0.4, -0.2) is 18.4 Å². The molecule has 5 nitrogen and oxygen atoms in total. The molecule has 0 bridgehead atoms. The Hall–Kier alpha value is -1.75. The molecule has 22 heavy (non-hydrogen) atoms. The third kappa shape index (κ3) is 6.35. The molecule has 0 aliphatic heterocycles. The minimum Gasteiger partial charge on any atom is -0.484 e. The van der Waals surface area contributed by atoms with Crippen LogP contribution in [0.3, 0.4) is 0 Å². The standard InChI is InChI=1S/C16H23ClN2O3/c1-4-5-6-7-14(20)18-19-15(21)10-22-13-8-11(2)16(17)12(3)9-13/h8-9H,4-7,10H2,1-3H3,(H,18,20)(H,19,21). The molecule has 2 N–H and O–H groups in total. The van der Waals surface area contributed by atoms with Gasteiger partial charge in [-0.15, -0.1) is 0 Å². The van der Waals surface area contributed by atoms with Gasteiger partial charge in [-0.25, -0.2) is 0 Å². The van der Waals surface area contributed by atoms with Crippen LogP contribution < -0.4 is 15.6 Å². The Morgan fingerprint density at radius 2 is 1.68 bits per heavy atom. The van der Waals surface area contributed by atoms with E-state index in [2.05, 4.69) is 17.8 Å². The number of benzene rings is 1. The van der Waals surface area contributed by atoms with Crippen molar-refractivity contribution in [2.24, 2.45) is 0 Å². The van der Waals surface area contributed by atoms with Gasteiger partial charge in [-0.3, -0.25) is 20.4 Å². The first kappa shape index (κ1) is 18.3. The number of aryl methyl sites for hydroxylation is 2. The zero-order chi connectivity index (χ0) is 16.5. The second-order valence-corrected chi connectivity index (χ2v) is 5.59. The fourth-order valence-corrected chi connectivity index (χ4v) is 2.02. The number of hydrazine groups is 1. The van der Waals surface area contributed by atoms with E-state index in [0.717, 1.165) is 30.4 Å². The Labute approximate surface area is 136 Å². The van der Waals surface area contributed by atoms with Crippen molar-refractivity contribution in [3.05, 3.63) is 28.3 Å². The van der Waals surface area contributed by atoms with Gasteiger partial charge in [0.2, 0.25) is 5.91 Å². The summed E-state index contributed by atoms with van der Waals surface area (Å²) in [5, 5.41) is 0.691. The number of carbonyl (C=O) groups excluding carboxylic acids is 2. The number of carbonyl (C=O) groups is 2. The highest BCUT2D eigenvalue weighted by molar-refractivity contribution is 6.32. The van der Waals surface area contributed by atoms with E-state index in [1.165, 1.54) is 0 Å². The lowest BCUT2D eigenvalue weighted by molar-refractivity contribution is -0.130. The van der Waals surface area contributed by atoms with Crippen molar-refractivity contribution in [2.75, 3.05) is 6.61 Å². The van der Waals surface area contributed by atoms with Crippen LogP contribution in [0, 0.1) is 13.8 Å². The lowest BCUT2D eigenvalue weighted by Crippen LogP contribution is -2.43. The molecular weight excluding hydrogens is 304 g/mol. The van der Waals surface area contributed by atoms with E-state index in [1.807, 2.05) is 13.8 Å². The first-order valence-corrected chi connectivity index (χ1v) is 7.79. The number of unbranched alkanes of at least 4 members (excludes halogenated alkanes) is 2. The van der Waals surface area contributed by atoms with Crippen molar-refractivity contribution in [2.45, 2.75) is 46.5 Å². The normalized spacial score (nSPS) is 10.2. The van der Waals surface area contributed by atoms with Gasteiger partial charge in [0.05, 0.1) is 0 Å². The van der Waals surface area contributed by atoms with Crippen molar-refractivity contribution < 1.29 is 14.3 Å². The van der Waals surface area contributed by atoms with Gasteiger partial charge in [-0.05, 0) is 43.5 Å². The molecule has 1 aromatic rings. The second-order valence-electron chi connectivity index (χ2n) is 5.21. The van der Waals surface area contributed by atoms with E-state index in [9.17, 15) is 9.59 Å². The molecule has 1 aromatic carbocycles. The SMILES string of the molecule is CCCCCC(=O)NNC(=O)COc1cc(C)c(Cl)c(C)c1. The van der Waals surface area contributed by atoms with Crippen LogP contribution in [0.2, 0.25) is 5.02 Å². The van der Waals surface area contributed by atoms with Crippen molar-refractivity contribution >= 4 is 23.4 Å². The first-order valence-electron chi connectivity index (χ1n) is 7.41. The van der Waals surface area contributed by atoms with Crippen molar-refractivity contribution in [3.8, 4) is 5.75 Å². The van der Waals surface area contributed by atoms with Crippen LogP contribution in [0.5, 0.6) is 5.75 Å². The molecule has 0 radical (unpaired) electrons. The quantitative estimate of drug-likeness (QED) is 0.597. The van der Waals surface area contributed by atoms with E-state index in [0.29, 0.717) is 17.2 Å². The number of hydrogen-bond donors (Lipinski definition) is 2. The molecule has 122 valence electrons. The molecule has 0 saturated heterocycles. The summed E-state index contributed by atoms with van der Waals surface area (Å²) in [6, 6.07) is 3.54. The van der Waals surface area contributed by atoms with Gasteiger partial charge in [-0.1, -0.05) is 31.4 Å². The highest BCUT2D eigenvalue weighted by atomic mass is 35.5. The molecule has 0 atom stereocenters. The number of hydrogen-bond acceptors (Lipinski definition) is 3. The summed E-state index contributed by atoms with van der Waals surface area (Å²) in [6.07, 6.45) is 3.27. The Morgan fingerprint density at radius 3 is 2.27 bits per heavy atom. The van der Waals surface area contributed by atoms with Gasteiger partial charge in [-0.2, -0.15) is 0 Å². The Balaban J connectivity index is 2.33. The van der Waals surface area contributed by atoms with Gasteiger partial charge in [0.1, 0.15) is 5.75 Å². The van der Waals surface area contributed by atoms with Crippen molar-refractivity contribution in [1.82, 2.24) is 10.9 Å². The smallest absolute Gasteiger partial charge is 0.276 e. The lowest BCUT2D eigenvalue weighted by atomic mass is 10.1. The van der Waals surface area contributed by atoms with Crippen molar-refractivity contribution in [3.63, 3.8) is 0 Å². The third-order valence-electron chi connectivity index (χ3n) is 3.13. The maximum absolute atomic E-state index is 11.6. The van der Waals surface area contributed by atoms with Gasteiger partial charge in [0.15, 0.2) is 6.61 Å². The molecule has 0 aliphatic rings. The summed E-state index contributed by atoms with van der Waals surface area (Å²) in [4.78, 5) is 23.1. The summed E-state index contributed by atoms with van der Waals surface area (Å²) in [5.41, 5.74) is 6.48. The van der Waals surface area contributed by atoms with Gasteiger partial charge >= 0.3 is 0 Å². The van der Waals surface area contributed by atoms with Crippen LogP contribution >= 0.6 is 11.6 Å². The number of ether oxygens (including phenoxy) is 1. The number of nitrogens with one attached hydrogen (secondary N) is 2. The van der Waals surface area contributed by atoms with E-state index >= 15 is 0 Å². The first-order chi connectivity index (χ1) is 10.4. The monoisotopic (exact) mass is 326 g/mol. The summed E-state index contributed by atoms with van der Waals surface area (Å²) < 4.78 is 5.39. The van der Waals surface area contributed by atoms with E-state index in [-0.39, 0.29) is 12.5 Å². The van der Waals surface area contributed by atoms with Crippen molar-refractivity contribution in [1.29, 1.82) is 0 Å². The minimum atomic E-state index is -0.408. The average molecular weight is 327 g/mol. The molecule has 6 heteroatoms. The number of rotatable bonds is 7. The molecule has 1 rings (SSSR count). The maximum Gasteiger partial charge on any atom is 0.276 e. The predicted molar refractivity (Wildman–Crippen MR) is 86.8 cm³/mol. The Bertz CT molecular complexity index is 509.